The van der Waals surface area contributed by atoms with Crippen molar-refractivity contribution in [2.24, 2.45) is 0 Å². The third-order valence-electron chi connectivity index (χ3n) is 5.40. The Bertz CT molecular complexity index is 632. The molecule has 3 rings (SSSR count). The van der Waals surface area contributed by atoms with Gasteiger partial charge in [0.2, 0.25) is 0 Å². The molecular weight excluding hydrogens is 359 g/mol. The molecule has 1 aromatic carbocycles. The van der Waals surface area contributed by atoms with Crippen LogP contribution in [0.4, 0.5) is 0 Å². The van der Waals surface area contributed by atoms with E-state index in [1.54, 1.807) is 6.07 Å². The Kier molecular flexibility index (Phi) is 6.68. The van der Waals surface area contributed by atoms with Gasteiger partial charge in [-0.15, -0.1) is 0 Å². The SMILES string of the molecule is Oc1ccc2[nH]cc(C3CCN(CCCCCCC[AsH2])CC3)c2c1. The number of nitrogens with zero attached hydrogens (tertiary/aromatic N) is 1. The number of aromatic amines is 1. The van der Waals surface area contributed by atoms with Gasteiger partial charge in [0.1, 0.15) is 5.75 Å². The Morgan fingerprint density at radius 2 is 1.83 bits per heavy atom. The molecule has 0 aliphatic carbocycles. The first kappa shape index (κ1) is 17.9. The molecule has 4 heteroatoms. The Hall–Kier alpha value is -0.922. The number of piperidine rings is 1. The first-order valence-electron chi connectivity index (χ1n) is 9.50. The van der Waals surface area contributed by atoms with Crippen molar-refractivity contribution in [2.45, 2.75) is 56.1 Å². The molecule has 0 spiro atoms. The van der Waals surface area contributed by atoms with Crippen molar-refractivity contribution in [3.8, 4) is 5.75 Å². The van der Waals surface area contributed by atoms with Crippen molar-refractivity contribution >= 4 is 27.8 Å². The van der Waals surface area contributed by atoms with Gasteiger partial charge in [0.15, 0.2) is 0 Å². The normalized spacial score (nSPS) is 16.9. The molecule has 0 saturated carbocycles. The number of benzene rings is 1. The molecule has 132 valence electrons. The summed E-state index contributed by atoms with van der Waals surface area (Å²) in [6, 6.07) is 5.64. The van der Waals surface area contributed by atoms with Crippen LogP contribution in [0.15, 0.2) is 24.4 Å². The van der Waals surface area contributed by atoms with Crippen molar-refractivity contribution in [1.82, 2.24) is 9.88 Å². The maximum absolute atomic E-state index is 9.77. The topological polar surface area (TPSA) is 39.3 Å². The van der Waals surface area contributed by atoms with Crippen molar-refractivity contribution in [2.75, 3.05) is 19.6 Å². The maximum atomic E-state index is 9.77. The molecule has 0 bridgehead atoms. The molecule has 1 fully saturated rings. The number of aromatic nitrogens is 1. The third kappa shape index (κ3) is 4.58. The number of aromatic hydroxyl groups is 1. The minimum atomic E-state index is 0.366. The Morgan fingerprint density at radius 1 is 1.08 bits per heavy atom. The van der Waals surface area contributed by atoms with Gasteiger partial charge >= 0.3 is 103 Å². The zero-order valence-corrected chi connectivity index (χ0v) is 17.1. The van der Waals surface area contributed by atoms with Crippen LogP contribution in [0.1, 0.15) is 56.4 Å². The average molecular weight is 390 g/mol. The van der Waals surface area contributed by atoms with E-state index in [1.807, 2.05) is 29.0 Å². The zero-order valence-electron chi connectivity index (χ0n) is 14.6. The minimum Gasteiger partial charge on any atom is -0.0105 e. The van der Waals surface area contributed by atoms with E-state index in [-0.39, 0.29) is 0 Å². The average Bonchev–Trinajstić information content (AvgIpc) is 3.01. The van der Waals surface area contributed by atoms with Gasteiger partial charge in [-0.3, -0.25) is 0 Å². The third-order valence-corrected chi connectivity index (χ3v) is 6.26. The summed E-state index contributed by atoms with van der Waals surface area (Å²) in [5.74, 6) is 0.994. The first-order chi connectivity index (χ1) is 11.8. The van der Waals surface area contributed by atoms with Gasteiger partial charge in [-0.2, -0.15) is 0 Å². The number of likely N-dealkylation sites (tertiary alicyclic amines) is 1. The molecule has 1 atom stereocenters. The second kappa shape index (κ2) is 8.97. The van der Waals surface area contributed by atoms with E-state index in [9.17, 15) is 5.11 Å². The van der Waals surface area contributed by atoms with Gasteiger partial charge in [-0.05, 0) is 18.2 Å². The summed E-state index contributed by atoms with van der Waals surface area (Å²) in [6.07, 6.45) is 11.6. The van der Waals surface area contributed by atoms with E-state index in [0.717, 1.165) is 5.52 Å². The van der Waals surface area contributed by atoms with Gasteiger partial charge < -0.3 is 10.1 Å². The fourth-order valence-electron chi connectivity index (χ4n) is 3.95. The van der Waals surface area contributed by atoms with Crippen LogP contribution in [0.25, 0.3) is 10.9 Å². The van der Waals surface area contributed by atoms with Crippen molar-refractivity contribution in [3.63, 3.8) is 0 Å². The molecule has 0 amide bonds. The predicted molar refractivity (Wildman–Crippen MR) is 105 cm³/mol. The summed E-state index contributed by atoms with van der Waals surface area (Å²) in [4.78, 5) is 6.00. The number of H-pyrrole nitrogens is 1. The van der Waals surface area contributed by atoms with E-state index in [2.05, 4.69) is 16.1 Å². The summed E-state index contributed by atoms with van der Waals surface area (Å²) in [7, 11) is 0. The van der Waals surface area contributed by atoms with E-state index < -0.39 is 0 Å². The molecule has 2 aromatic rings. The number of nitrogens with one attached hydrogen (secondary N) is 1. The first-order valence-corrected chi connectivity index (χ1v) is 11.2. The van der Waals surface area contributed by atoms with Crippen LogP contribution < -0.4 is 0 Å². The Balaban J connectivity index is 1.45. The van der Waals surface area contributed by atoms with E-state index in [4.69, 9.17) is 0 Å². The van der Waals surface area contributed by atoms with Gasteiger partial charge in [0.25, 0.3) is 0 Å². The predicted octanol–water partition coefficient (Wildman–Crippen LogP) is 4.05. The molecular formula is C20H31AsN2O. The minimum absolute atomic E-state index is 0.366. The van der Waals surface area contributed by atoms with Gasteiger partial charge in [0, 0.05) is 17.1 Å². The number of phenolic OH excluding ortho intramolecular Hbond substituents is 1. The monoisotopic (exact) mass is 390 g/mol. The zero-order chi connectivity index (χ0) is 16.8. The van der Waals surface area contributed by atoms with E-state index in [0.29, 0.717) is 11.7 Å². The smallest absolute Gasteiger partial charge is 0.00652 e. The van der Waals surface area contributed by atoms with Crippen LogP contribution in [0.2, 0.25) is 5.21 Å². The summed E-state index contributed by atoms with van der Waals surface area (Å²) < 4.78 is 0. The van der Waals surface area contributed by atoms with Crippen LogP contribution in [0, 0.1) is 0 Å². The molecule has 0 radical (unpaired) electrons. The Labute approximate surface area is 154 Å². The van der Waals surface area contributed by atoms with Crippen LogP contribution in [0.5, 0.6) is 5.75 Å². The van der Waals surface area contributed by atoms with Gasteiger partial charge in [-0.25, -0.2) is 0 Å². The number of unbranched alkanes of at least 4 members (excludes halogenated alkanes) is 4. The summed E-state index contributed by atoms with van der Waals surface area (Å²) in [5.41, 5.74) is 2.53. The molecule has 1 unspecified atom stereocenters. The molecule has 2 heterocycles. The molecule has 24 heavy (non-hydrogen) atoms. The second-order valence-corrected chi connectivity index (χ2v) is 8.36. The van der Waals surface area contributed by atoms with Gasteiger partial charge in [-0.1, -0.05) is 0 Å². The molecule has 1 aliphatic heterocycles. The van der Waals surface area contributed by atoms with Crippen LogP contribution in [-0.2, 0) is 0 Å². The number of fused-ring (bicyclic) bond motifs is 1. The van der Waals surface area contributed by atoms with Crippen LogP contribution in [0.3, 0.4) is 0 Å². The molecule has 3 nitrogen and oxygen atoms in total. The number of hydrogen-bond donors (Lipinski definition) is 2. The quantitative estimate of drug-likeness (QED) is 0.527. The van der Waals surface area contributed by atoms with E-state index >= 15 is 0 Å². The summed E-state index contributed by atoms with van der Waals surface area (Å²) >= 11 is 1.87. The van der Waals surface area contributed by atoms with Crippen molar-refractivity contribution in [1.29, 1.82) is 0 Å². The number of rotatable bonds is 8. The summed E-state index contributed by atoms with van der Waals surface area (Å²) in [6.45, 7) is 3.71. The molecule has 1 aromatic heterocycles. The van der Waals surface area contributed by atoms with Crippen molar-refractivity contribution in [3.05, 3.63) is 30.0 Å². The van der Waals surface area contributed by atoms with Crippen molar-refractivity contribution < 1.29 is 5.11 Å². The van der Waals surface area contributed by atoms with Gasteiger partial charge in [0.05, 0.1) is 0 Å². The summed E-state index contributed by atoms with van der Waals surface area (Å²) in [5, 5.41) is 12.4. The maximum Gasteiger partial charge on any atom is 0.00652 e. The Morgan fingerprint density at radius 3 is 2.62 bits per heavy atom. The number of phenols is 1. The molecule has 1 aliphatic rings. The molecule has 1 saturated heterocycles. The molecule has 2 N–H and O–H groups in total. The van der Waals surface area contributed by atoms with E-state index in [1.165, 1.54) is 80.7 Å². The fourth-order valence-corrected chi connectivity index (χ4v) is 4.55. The largest absolute Gasteiger partial charge is 0.0105 e. The van der Waals surface area contributed by atoms with Crippen LogP contribution in [-0.4, -0.2) is 51.5 Å². The standard InChI is InChI=1S/C20H31AsN2O/c21-10-4-2-1-3-5-11-23-12-8-16(9-13-23)19-15-22-20-7-6-17(24)14-18(19)20/h6-7,14-16,22,24H,1-5,8-13,21H2. The fraction of sp³-hybridized carbons (Fsp3) is 0.600. The number of hydrogen-bond acceptors (Lipinski definition) is 2. The van der Waals surface area contributed by atoms with Crippen LogP contribution >= 0.6 is 0 Å². The second-order valence-electron chi connectivity index (χ2n) is 7.15.